The molecular formula is C20H25N5O. The van der Waals surface area contributed by atoms with Crippen molar-refractivity contribution in [3.05, 3.63) is 47.0 Å². The lowest BCUT2D eigenvalue weighted by atomic mass is 10.1. The predicted octanol–water partition coefficient (Wildman–Crippen LogP) is 2.93. The van der Waals surface area contributed by atoms with Crippen LogP contribution >= 0.6 is 0 Å². The second-order valence-electron chi connectivity index (χ2n) is 7.03. The molecule has 0 saturated heterocycles. The Kier molecular flexibility index (Phi) is 4.73. The fourth-order valence-electron chi connectivity index (χ4n) is 3.80. The summed E-state index contributed by atoms with van der Waals surface area (Å²) in [7, 11) is 2.08. The van der Waals surface area contributed by atoms with Gasteiger partial charge in [-0.05, 0) is 44.2 Å². The van der Waals surface area contributed by atoms with Crippen LogP contribution in [0, 0.1) is 0 Å². The minimum atomic E-state index is -0.0419. The average Bonchev–Trinajstić information content (AvgIpc) is 3.33. The van der Waals surface area contributed by atoms with E-state index in [0.717, 1.165) is 67.5 Å². The highest BCUT2D eigenvalue weighted by Crippen LogP contribution is 2.22. The summed E-state index contributed by atoms with van der Waals surface area (Å²) in [5.74, 6) is 1.09. The minimum absolute atomic E-state index is 0.0419. The number of H-pyrrole nitrogens is 1. The quantitative estimate of drug-likeness (QED) is 0.643. The first-order chi connectivity index (χ1) is 12.7. The maximum atomic E-state index is 12.3. The van der Waals surface area contributed by atoms with E-state index in [1.807, 2.05) is 12.1 Å². The van der Waals surface area contributed by atoms with Crippen LogP contribution in [0.15, 0.2) is 24.3 Å². The number of rotatable bonds is 7. The lowest BCUT2D eigenvalue weighted by Gasteiger charge is -2.05. The molecule has 6 heteroatoms. The number of unbranched alkanes of at least 4 members (excludes halogenated alkanes) is 2. The number of amides is 1. The van der Waals surface area contributed by atoms with Crippen LogP contribution in [0.1, 0.15) is 53.3 Å². The van der Waals surface area contributed by atoms with E-state index in [1.165, 1.54) is 5.52 Å². The number of nitrogens with zero attached hydrogens (tertiary/aromatic N) is 3. The second kappa shape index (κ2) is 7.32. The Balaban J connectivity index is 1.20. The second-order valence-corrected chi connectivity index (χ2v) is 7.03. The summed E-state index contributed by atoms with van der Waals surface area (Å²) in [4.78, 5) is 17.0. The van der Waals surface area contributed by atoms with Crippen molar-refractivity contribution in [2.24, 2.45) is 7.05 Å². The maximum Gasteiger partial charge on any atom is 0.272 e. The van der Waals surface area contributed by atoms with Gasteiger partial charge in [0.1, 0.15) is 5.82 Å². The van der Waals surface area contributed by atoms with Gasteiger partial charge >= 0.3 is 0 Å². The van der Waals surface area contributed by atoms with Gasteiger partial charge in [0.05, 0.1) is 11.0 Å². The number of benzene rings is 1. The molecule has 0 radical (unpaired) electrons. The number of hydrogen-bond donors (Lipinski definition) is 2. The minimum Gasteiger partial charge on any atom is -0.351 e. The van der Waals surface area contributed by atoms with Crippen molar-refractivity contribution in [2.75, 3.05) is 6.54 Å². The summed E-state index contributed by atoms with van der Waals surface area (Å²) < 4.78 is 2.18. The first kappa shape index (κ1) is 16.8. The summed E-state index contributed by atoms with van der Waals surface area (Å²) in [6.45, 7) is 0.697. The van der Waals surface area contributed by atoms with Crippen molar-refractivity contribution >= 4 is 16.9 Å². The lowest BCUT2D eigenvalue weighted by molar-refractivity contribution is 0.0947. The SMILES string of the molecule is Cn1c(CCCCCNC(=O)c2n[nH]c3c2CCC3)nc2ccccc21. The first-order valence-electron chi connectivity index (χ1n) is 9.48. The Hall–Kier alpha value is -2.63. The number of nitrogens with one attached hydrogen (secondary N) is 2. The van der Waals surface area contributed by atoms with Gasteiger partial charge in [-0.1, -0.05) is 18.6 Å². The van der Waals surface area contributed by atoms with Gasteiger partial charge in [-0.15, -0.1) is 0 Å². The maximum absolute atomic E-state index is 12.3. The largest absolute Gasteiger partial charge is 0.351 e. The highest BCUT2D eigenvalue weighted by Gasteiger charge is 2.22. The summed E-state index contributed by atoms with van der Waals surface area (Å²) in [5.41, 5.74) is 5.09. The monoisotopic (exact) mass is 351 g/mol. The van der Waals surface area contributed by atoms with E-state index in [2.05, 4.69) is 39.3 Å². The Morgan fingerprint density at radius 3 is 3.00 bits per heavy atom. The fraction of sp³-hybridized carbons (Fsp3) is 0.450. The molecule has 2 heterocycles. The van der Waals surface area contributed by atoms with Gasteiger partial charge in [-0.2, -0.15) is 5.10 Å². The Labute approximate surface area is 153 Å². The standard InChI is InChI=1S/C20H25N5O/c1-25-17-11-5-4-9-16(17)22-18(25)12-3-2-6-13-21-20(26)19-14-8-7-10-15(14)23-24-19/h4-5,9,11H,2-3,6-8,10,12-13H2,1H3,(H,21,26)(H,23,24). The Morgan fingerprint density at radius 1 is 1.23 bits per heavy atom. The molecule has 0 saturated carbocycles. The number of carbonyl (C=O) groups is 1. The van der Waals surface area contributed by atoms with Crippen LogP contribution in [0.4, 0.5) is 0 Å². The van der Waals surface area contributed by atoms with Crippen molar-refractivity contribution in [1.82, 2.24) is 25.1 Å². The first-order valence-corrected chi connectivity index (χ1v) is 9.48. The van der Waals surface area contributed by atoms with Gasteiger partial charge < -0.3 is 9.88 Å². The average molecular weight is 351 g/mol. The molecular weight excluding hydrogens is 326 g/mol. The molecule has 0 fully saturated rings. The van der Waals surface area contributed by atoms with Gasteiger partial charge in [0.15, 0.2) is 5.69 Å². The smallest absolute Gasteiger partial charge is 0.272 e. The third-order valence-electron chi connectivity index (χ3n) is 5.26. The molecule has 1 aliphatic carbocycles. The van der Waals surface area contributed by atoms with Gasteiger partial charge in [0.2, 0.25) is 0 Å². The molecule has 136 valence electrons. The third-order valence-corrected chi connectivity index (χ3v) is 5.26. The number of aromatic nitrogens is 4. The number of fused-ring (bicyclic) bond motifs is 2. The number of aromatic amines is 1. The van der Waals surface area contributed by atoms with Gasteiger partial charge in [-0.3, -0.25) is 9.89 Å². The van der Waals surface area contributed by atoms with Crippen molar-refractivity contribution in [2.45, 2.75) is 44.9 Å². The molecule has 0 unspecified atom stereocenters. The van der Waals surface area contributed by atoms with Gasteiger partial charge in [0, 0.05) is 31.3 Å². The Bertz CT molecular complexity index is 924. The van der Waals surface area contributed by atoms with E-state index in [-0.39, 0.29) is 5.91 Å². The zero-order valence-corrected chi connectivity index (χ0v) is 15.2. The molecule has 0 spiro atoms. The zero-order chi connectivity index (χ0) is 17.9. The highest BCUT2D eigenvalue weighted by atomic mass is 16.1. The summed E-state index contributed by atoms with van der Waals surface area (Å²) in [6.07, 6.45) is 7.18. The van der Waals surface area contributed by atoms with Crippen LogP contribution in [0.3, 0.4) is 0 Å². The van der Waals surface area contributed by atoms with Gasteiger partial charge in [-0.25, -0.2) is 4.98 Å². The summed E-state index contributed by atoms with van der Waals surface area (Å²) >= 11 is 0. The molecule has 2 N–H and O–H groups in total. The van der Waals surface area contributed by atoms with E-state index in [0.29, 0.717) is 12.2 Å². The van der Waals surface area contributed by atoms with Gasteiger partial charge in [0.25, 0.3) is 5.91 Å². The molecule has 3 aromatic rings. The number of imidazole rings is 1. The van der Waals surface area contributed by atoms with Crippen LogP contribution in [-0.4, -0.2) is 32.2 Å². The fourth-order valence-corrected chi connectivity index (χ4v) is 3.80. The molecule has 4 rings (SSSR count). The Morgan fingerprint density at radius 2 is 2.12 bits per heavy atom. The molecule has 1 amide bonds. The number of aryl methyl sites for hydroxylation is 3. The van der Waals surface area contributed by atoms with E-state index in [9.17, 15) is 4.79 Å². The molecule has 26 heavy (non-hydrogen) atoms. The highest BCUT2D eigenvalue weighted by molar-refractivity contribution is 5.94. The summed E-state index contributed by atoms with van der Waals surface area (Å²) in [6, 6.07) is 8.23. The van der Waals surface area contributed by atoms with Crippen molar-refractivity contribution < 1.29 is 4.79 Å². The molecule has 2 aromatic heterocycles. The van der Waals surface area contributed by atoms with E-state index in [1.54, 1.807) is 0 Å². The van der Waals surface area contributed by atoms with E-state index < -0.39 is 0 Å². The molecule has 0 atom stereocenters. The van der Waals surface area contributed by atoms with Crippen LogP contribution in [0.25, 0.3) is 11.0 Å². The van der Waals surface area contributed by atoms with Crippen molar-refractivity contribution in [3.8, 4) is 0 Å². The lowest BCUT2D eigenvalue weighted by Crippen LogP contribution is -2.25. The topological polar surface area (TPSA) is 75.6 Å². The van der Waals surface area contributed by atoms with Crippen LogP contribution in [0.5, 0.6) is 0 Å². The summed E-state index contributed by atoms with van der Waals surface area (Å²) in [5, 5.41) is 10.2. The molecule has 0 bridgehead atoms. The van der Waals surface area contributed by atoms with E-state index >= 15 is 0 Å². The van der Waals surface area contributed by atoms with Crippen LogP contribution in [-0.2, 0) is 26.3 Å². The van der Waals surface area contributed by atoms with Crippen LogP contribution < -0.4 is 5.32 Å². The zero-order valence-electron chi connectivity index (χ0n) is 15.2. The van der Waals surface area contributed by atoms with Crippen LogP contribution in [0.2, 0.25) is 0 Å². The van der Waals surface area contributed by atoms with Crippen molar-refractivity contribution in [1.29, 1.82) is 0 Å². The molecule has 1 aliphatic rings. The molecule has 6 nitrogen and oxygen atoms in total. The molecule has 1 aromatic carbocycles. The number of carbonyl (C=O) groups excluding carboxylic acids is 1. The predicted molar refractivity (Wildman–Crippen MR) is 101 cm³/mol. The third kappa shape index (κ3) is 3.23. The number of hydrogen-bond acceptors (Lipinski definition) is 3. The normalized spacial score (nSPS) is 13.3. The van der Waals surface area contributed by atoms with E-state index in [4.69, 9.17) is 4.98 Å². The number of para-hydroxylation sites is 2. The van der Waals surface area contributed by atoms with Crippen molar-refractivity contribution in [3.63, 3.8) is 0 Å². The molecule has 0 aliphatic heterocycles.